The Kier molecular flexibility index (Phi) is 4.07. The summed E-state index contributed by atoms with van der Waals surface area (Å²) < 4.78 is 0. The standard InChI is InChI=1S/C19H14N2O2S2/c1-11-16(12-6-3-2-4-7-12)17-18(23)20-15(21-19(17)25-11)10-13(22)14-8-5-9-24-14/h2-9H,10H2,1H3,(H,20,21,23). The van der Waals surface area contributed by atoms with Crippen molar-refractivity contribution >= 4 is 38.7 Å². The van der Waals surface area contributed by atoms with E-state index in [-0.39, 0.29) is 17.8 Å². The van der Waals surface area contributed by atoms with E-state index in [0.29, 0.717) is 20.9 Å². The van der Waals surface area contributed by atoms with Gasteiger partial charge in [-0.25, -0.2) is 4.98 Å². The molecule has 0 radical (unpaired) electrons. The molecule has 6 heteroatoms. The minimum atomic E-state index is -0.192. The first kappa shape index (κ1) is 15.9. The average molecular weight is 366 g/mol. The monoisotopic (exact) mass is 366 g/mol. The van der Waals surface area contributed by atoms with Crippen molar-refractivity contribution in [1.29, 1.82) is 0 Å². The Labute approximate surface area is 151 Å². The number of hydrogen-bond acceptors (Lipinski definition) is 5. The maximum atomic E-state index is 12.7. The molecule has 25 heavy (non-hydrogen) atoms. The van der Waals surface area contributed by atoms with E-state index in [0.717, 1.165) is 16.0 Å². The zero-order valence-electron chi connectivity index (χ0n) is 13.4. The molecule has 0 aliphatic rings. The number of carbonyl (C=O) groups excluding carboxylic acids is 1. The van der Waals surface area contributed by atoms with E-state index in [9.17, 15) is 9.59 Å². The highest BCUT2D eigenvalue weighted by atomic mass is 32.1. The highest BCUT2D eigenvalue weighted by molar-refractivity contribution is 7.19. The van der Waals surface area contributed by atoms with Crippen LogP contribution in [0.1, 0.15) is 20.4 Å². The summed E-state index contributed by atoms with van der Waals surface area (Å²) in [4.78, 5) is 34.7. The van der Waals surface area contributed by atoms with Crippen LogP contribution in [0, 0.1) is 6.92 Å². The van der Waals surface area contributed by atoms with Gasteiger partial charge in [0.15, 0.2) is 5.78 Å². The van der Waals surface area contributed by atoms with E-state index in [1.165, 1.54) is 22.7 Å². The molecule has 0 saturated heterocycles. The van der Waals surface area contributed by atoms with Crippen LogP contribution in [0.3, 0.4) is 0 Å². The van der Waals surface area contributed by atoms with E-state index in [2.05, 4.69) is 9.97 Å². The first-order valence-corrected chi connectivity index (χ1v) is 9.47. The Morgan fingerprint density at radius 3 is 2.68 bits per heavy atom. The van der Waals surface area contributed by atoms with Crippen LogP contribution in [-0.2, 0) is 6.42 Å². The first-order chi connectivity index (χ1) is 12.1. The van der Waals surface area contributed by atoms with Crippen molar-refractivity contribution in [3.05, 3.63) is 73.8 Å². The van der Waals surface area contributed by atoms with E-state index in [4.69, 9.17) is 0 Å². The molecule has 4 nitrogen and oxygen atoms in total. The van der Waals surface area contributed by atoms with Gasteiger partial charge in [0.1, 0.15) is 10.7 Å². The Hall–Kier alpha value is -2.57. The largest absolute Gasteiger partial charge is 0.310 e. The van der Waals surface area contributed by atoms with Crippen LogP contribution in [0.25, 0.3) is 21.3 Å². The summed E-state index contributed by atoms with van der Waals surface area (Å²) >= 11 is 2.88. The number of fused-ring (bicyclic) bond motifs is 1. The Morgan fingerprint density at radius 2 is 1.96 bits per heavy atom. The van der Waals surface area contributed by atoms with E-state index in [1.807, 2.05) is 48.7 Å². The van der Waals surface area contributed by atoms with Gasteiger partial charge >= 0.3 is 0 Å². The number of aryl methyl sites for hydroxylation is 1. The van der Waals surface area contributed by atoms with Gasteiger partial charge in [0, 0.05) is 10.4 Å². The van der Waals surface area contributed by atoms with Crippen molar-refractivity contribution in [2.45, 2.75) is 13.3 Å². The van der Waals surface area contributed by atoms with Crippen molar-refractivity contribution in [2.75, 3.05) is 0 Å². The molecule has 0 bridgehead atoms. The first-order valence-electron chi connectivity index (χ1n) is 7.78. The fourth-order valence-electron chi connectivity index (χ4n) is 2.88. The minimum absolute atomic E-state index is 0.0333. The molecule has 0 fully saturated rings. The lowest BCUT2D eigenvalue weighted by atomic mass is 10.0. The molecule has 3 aromatic heterocycles. The summed E-state index contributed by atoms with van der Waals surface area (Å²) in [7, 11) is 0. The van der Waals surface area contributed by atoms with Crippen LogP contribution in [0.2, 0.25) is 0 Å². The molecule has 0 aliphatic carbocycles. The Morgan fingerprint density at radius 1 is 1.16 bits per heavy atom. The number of nitrogens with zero attached hydrogens (tertiary/aromatic N) is 1. The predicted molar refractivity (Wildman–Crippen MR) is 103 cm³/mol. The molecule has 1 N–H and O–H groups in total. The molecule has 0 spiro atoms. The zero-order chi connectivity index (χ0) is 17.4. The number of carbonyl (C=O) groups is 1. The number of benzene rings is 1. The molecule has 0 amide bonds. The summed E-state index contributed by atoms with van der Waals surface area (Å²) in [6.07, 6.45) is 0.101. The average Bonchev–Trinajstić information content (AvgIpc) is 3.23. The second-order valence-electron chi connectivity index (χ2n) is 5.67. The van der Waals surface area contributed by atoms with Gasteiger partial charge in [-0.05, 0) is 23.9 Å². The number of ketones is 1. The number of thiophene rings is 2. The number of aromatic nitrogens is 2. The van der Waals surface area contributed by atoms with Crippen LogP contribution in [0.5, 0.6) is 0 Å². The van der Waals surface area contributed by atoms with Crippen LogP contribution in [-0.4, -0.2) is 15.8 Å². The summed E-state index contributed by atoms with van der Waals surface area (Å²) in [6.45, 7) is 1.99. The van der Waals surface area contributed by atoms with Gasteiger partial charge in [0.2, 0.25) is 0 Å². The molecule has 3 heterocycles. The zero-order valence-corrected chi connectivity index (χ0v) is 15.0. The second-order valence-corrected chi connectivity index (χ2v) is 7.82. The smallest absolute Gasteiger partial charge is 0.260 e. The lowest BCUT2D eigenvalue weighted by Crippen LogP contribution is -2.14. The molecule has 0 unspecified atom stereocenters. The van der Waals surface area contributed by atoms with Gasteiger partial charge in [0.05, 0.1) is 16.7 Å². The fourth-order valence-corrected chi connectivity index (χ4v) is 4.61. The normalized spacial score (nSPS) is 11.1. The third-order valence-corrected chi connectivity index (χ3v) is 5.88. The van der Waals surface area contributed by atoms with Gasteiger partial charge in [-0.1, -0.05) is 36.4 Å². The summed E-state index contributed by atoms with van der Waals surface area (Å²) in [5, 5.41) is 2.46. The lowest BCUT2D eigenvalue weighted by Gasteiger charge is -2.02. The van der Waals surface area contributed by atoms with E-state index >= 15 is 0 Å². The van der Waals surface area contributed by atoms with Crippen LogP contribution >= 0.6 is 22.7 Å². The molecule has 0 atom stereocenters. The van der Waals surface area contributed by atoms with E-state index in [1.54, 1.807) is 6.07 Å². The summed E-state index contributed by atoms with van der Waals surface area (Å²) in [5.74, 6) is 0.380. The molecule has 0 aliphatic heterocycles. The van der Waals surface area contributed by atoms with Crippen LogP contribution < -0.4 is 5.56 Å². The number of Topliss-reactive ketones (excluding diaryl/α,β-unsaturated/α-hetero) is 1. The maximum Gasteiger partial charge on any atom is 0.260 e. The number of hydrogen-bond donors (Lipinski definition) is 1. The fraction of sp³-hybridized carbons (Fsp3) is 0.105. The highest BCUT2D eigenvalue weighted by Gasteiger charge is 2.18. The van der Waals surface area contributed by atoms with Gasteiger partial charge in [-0.3, -0.25) is 9.59 Å². The molecular formula is C19H14N2O2S2. The highest BCUT2D eigenvalue weighted by Crippen LogP contribution is 2.35. The van der Waals surface area contributed by atoms with Crippen molar-refractivity contribution in [3.63, 3.8) is 0 Å². The third kappa shape index (κ3) is 2.94. The van der Waals surface area contributed by atoms with Crippen molar-refractivity contribution in [3.8, 4) is 11.1 Å². The Bertz CT molecular complexity index is 1110. The molecule has 4 aromatic rings. The quantitative estimate of drug-likeness (QED) is 0.543. The number of aromatic amines is 1. The predicted octanol–water partition coefficient (Wildman–Crippen LogP) is 4.45. The minimum Gasteiger partial charge on any atom is -0.310 e. The summed E-state index contributed by atoms with van der Waals surface area (Å²) in [6, 6.07) is 13.5. The third-order valence-electron chi connectivity index (χ3n) is 3.97. The number of H-pyrrole nitrogens is 1. The lowest BCUT2D eigenvalue weighted by molar-refractivity contribution is 0.0994. The van der Waals surface area contributed by atoms with Gasteiger partial charge < -0.3 is 4.98 Å². The SMILES string of the molecule is Cc1sc2nc(CC(=O)c3cccs3)[nH]c(=O)c2c1-c1ccccc1. The molecule has 0 saturated carbocycles. The van der Waals surface area contributed by atoms with Gasteiger partial charge in [-0.2, -0.15) is 0 Å². The molecule has 124 valence electrons. The summed E-state index contributed by atoms with van der Waals surface area (Å²) in [5.41, 5.74) is 1.73. The van der Waals surface area contributed by atoms with Crippen molar-refractivity contribution < 1.29 is 4.79 Å². The van der Waals surface area contributed by atoms with Gasteiger partial charge in [-0.15, -0.1) is 22.7 Å². The molecule has 1 aromatic carbocycles. The van der Waals surface area contributed by atoms with Crippen molar-refractivity contribution in [2.24, 2.45) is 0 Å². The van der Waals surface area contributed by atoms with Crippen LogP contribution in [0.15, 0.2) is 52.6 Å². The topological polar surface area (TPSA) is 62.8 Å². The number of rotatable bonds is 4. The van der Waals surface area contributed by atoms with Gasteiger partial charge in [0.25, 0.3) is 5.56 Å². The second kappa shape index (κ2) is 6.38. The van der Waals surface area contributed by atoms with Crippen molar-refractivity contribution in [1.82, 2.24) is 9.97 Å². The maximum absolute atomic E-state index is 12.7. The van der Waals surface area contributed by atoms with E-state index < -0.39 is 0 Å². The Balaban J connectivity index is 1.79. The number of nitrogens with one attached hydrogen (secondary N) is 1. The molecule has 4 rings (SSSR count). The van der Waals surface area contributed by atoms with Crippen LogP contribution in [0.4, 0.5) is 0 Å². The molecular weight excluding hydrogens is 352 g/mol.